The minimum Gasteiger partial charge on any atom is -0.342 e. The molecule has 25 heavy (non-hydrogen) atoms. The van der Waals surface area contributed by atoms with Gasteiger partial charge in [0.15, 0.2) is 15.0 Å². The zero-order valence-electron chi connectivity index (χ0n) is 15.0. The van der Waals surface area contributed by atoms with Crippen molar-refractivity contribution >= 4 is 32.7 Å². The number of sulfone groups is 1. The number of carbonyl (C=O) groups is 1. The van der Waals surface area contributed by atoms with Crippen molar-refractivity contribution in [3.8, 4) is 0 Å². The van der Waals surface area contributed by atoms with E-state index in [0.717, 1.165) is 5.56 Å². The van der Waals surface area contributed by atoms with E-state index in [2.05, 4.69) is 4.99 Å². The van der Waals surface area contributed by atoms with Crippen LogP contribution in [0, 0.1) is 12.3 Å². The molecule has 2 fully saturated rings. The smallest absolute Gasteiger partial charge is 0.253 e. The van der Waals surface area contributed by atoms with Gasteiger partial charge in [0.1, 0.15) is 0 Å². The van der Waals surface area contributed by atoms with Crippen LogP contribution in [0.1, 0.15) is 31.9 Å². The van der Waals surface area contributed by atoms with E-state index in [-0.39, 0.29) is 28.7 Å². The lowest BCUT2D eigenvalue weighted by molar-refractivity contribution is -0.124. The van der Waals surface area contributed by atoms with Crippen LogP contribution in [0.25, 0.3) is 0 Å². The van der Waals surface area contributed by atoms with Gasteiger partial charge in [0, 0.05) is 17.2 Å². The number of benzene rings is 1. The number of aliphatic imine (C=N–C) groups is 1. The summed E-state index contributed by atoms with van der Waals surface area (Å²) in [7, 11) is -3.02. The van der Waals surface area contributed by atoms with E-state index in [4.69, 9.17) is 0 Å². The third-order valence-electron chi connectivity index (χ3n) is 4.49. The van der Waals surface area contributed by atoms with E-state index in [1.54, 1.807) is 0 Å². The third kappa shape index (κ3) is 4.08. The summed E-state index contributed by atoms with van der Waals surface area (Å²) < 4.78 is 24.1. The van der Waals surface area contributed by atoms with E-state index < -0.39 is 15.3 Å². The largest absolute Gasteiger partial charge is 0.342 e. The Morgan fingerprint density at radius 2 is 1.88 bits per heavy atom. The van der Waals surface area contributed by atoms with Crippen molar-refractivity contribution in [1.82, 2.24) is 4.90 Å². The lowest BCUT2D eigenvalue weighted by Crippen LogP contribution is -2.37. The van der Waals surface area contributed by atoms with Crippen molar-refractivity contribution in [2.45, 2.75) is 45.5 Å². The van der Waals surface area contributed by atoms with Crippen molar-refractivity contribution < 1.29 is 13.2 Å². The van der Waals surface area contributed by atoms with Crippen LogP contribution in [0.5, 0.6) is 0 Å². The number of amidine groups is 1. The number of thioether (sulfide) groups is 1. The first kappa shape index (κ1) is 18.5. The first-order valence-corrected chi connectivity index (χ1v) is 11.1. The fraction of sp³-hybridized carbons (Fsp3) is 0.556. The monoisotopic (exact) mass is 380 g/mol. The van der Waals surface area contributed by atoms with E-state index in [1.807, 2.05) is 56.9 Å². The number of fused-ring (bicyclic) bond motifs is 1. The maximum atomic E-state index is 12.4. The zero-order chi connectivity index (χ0) is 18.4. The second kappa shape index (κ2) is 6.43. The molecule has 1 aromatic rings. The minimum absolute atomic E-state index is 0.0398. The van der Waals surface area contributed by atoms with Gasteiger partial charge < -0.3 is 4.90 Å². The number of amides is 1. The number of rotatable bonds is 2. The number of hydrogen-bond acceptors (Lipinski definition) is 4. The summed E-state index contributed by atoms with van der Waals surface area (Å²) in [5.74, 6) is 0.126. The SMILES string of the molecule is Cc1ccc(CN2C(=NC(=O)C(C)(C)C)S[C@H]3CS(=O)(=O)C[C@@H]32)cc1. The van der Waals surface area contributed by atoms with Crippen molar-refractivity contribution in [2.75, 3.05) is 11.5 Å². The molecule has 0 radical (unpaired) electrons. The summed E-state index contributed by atoms with van der Waals surface area (Å²) in [6.45, 7) is 8.13. The van der Waals surface area contributed by atoms with Gasteiger partial charge in [-0.15, -0.1) is 0 Å². The normalized spacial score (nSPS) is 26.9. The van der Waals surface area contributed by atoms with Crippen molar-refractivity contribution in [1.29, 1.82) is 0 Å². The maximum absolute atomic E-state index is 12.4. The Kier molecular flexibility index (Phi) is 4.75. The van der Waals surface area contributed by atoms with Crippen molar-refractivity contribution in [2.24, 2.45) is 10.4 Å². The molecule has 2 aliphatic rings. The van der Waals surface area contributed by atoms with E-state index in [0.29, 0.717) is 11.7 Å². The second-order valence-electron chi connectivity index (χ2n) is 7.86. The van der Waals surface area contributed by atoms with Crippen LogP contribution in [0.15, 0.2) is 29.3 Å². The summed E-state index contributed by atoms with van der Waals surface area (Å²) in [5, 5.41) is 0.618. The molecule has 3 rings (SSSR count). The van der Waals surface area contributed by atoms with Gasteiger partial charge in [-0.3, -0.25) is 4.79 Å². The molecule has 2 heterocycles. The summed E-state index contributed by atoms with van der Waals surface area (Å²) >= 11 is 1.43. The van der Waals surface area contributed by atoms with Crippen LogP contribution in [0.2, 0.25) is 0 Å². The highest BCUT2D eigenvalue weighted by atomic mass is 32.2. The lowest BCUT2D eigenvalue weighted by Gasteiger charge is -2.25. The highest BCUT2D eigenvalue weighted by Gasteiger charge is 2.48. The molecular weight excluding hydrogens is 356 g/mol. The van der Waals surface area contributed by atoms with Gasteiger partial charge in [-0.05, 0) is 12.5 Å². The first-order chi connectivity index (χ1) is 11.5. The Hall–Kier alpha value is -1.34. The number of nitrogens with zero attached hydrogens (tertiary/aromatic N) is 2. The van der Waals surface area contributed by atoms with Crippen LogP contribution in [0.4, 0.5) is 0 Å². The Bertz CT molecular complexity index is 808. The van der Waals surface area contributed by atoms with Crippen LogP contribution >= 0.6 is 11.8 Å². The van der Waals surface area contributed by atoms with Gasteiger partial charge in [-0.25, -0.2) is 8.42 Å². The molecule has 0 unspecified atom stereocenters. The summed E-state index contributed by atoms with van der Waals surface area (Å²) in [6, 6.07) is 8.06. The summed E-state index contributed by atoms with van der Waals surface area (Å²) in [6.07, 6.45) is 0. The van der Waals surface area contributed by atoms with Crippen molar-refractivity contribution in [3.63, 3.8) is 0 Å². The Morgan fingerprint density at radius 1 is 1.24 bits per heavy atom. The summed E-state index contributed by atoms with van der Waals surface area (Å²) in [4.78, 5) is 18.7. The topological polar surface area (TPSA) is 66.8 Å². The van der Waals surface area contributed by atoms with Crippen LogP contribution < -0.4 is 0 Å². The predicted octanol–water partition coefficient (Wildman–Crippen LogP) is 2.64. The molecule has 0 spiro atoms. The van der Waals surface area contributed by atoms with E-state index in [9.17, 15) is 13.2 Å². The Morgan fingerprint density at radius 3 is 2.48 bits per heavy atom. The molecule has 0 N–H and O–H groups in total. The molecule has 2 atom stereocenters. The molecule has 1 aromatic carbocycles. The number of aryl methyl sites for hydroxylation is 1. The molecular formula is C18H24N2O3S2. The van der Waals surface area contributed by atoms with Gasteiger partial charge in [0.25, 0.3) is 5.91 Å². The fourth-order valence-corrected chi connectivity index (χ4v) is 6.91. The molecule has 0 bridgehead atoms. The fourth-order valence-electron chi connectivity index (χ4n) is 2.97. The zero-order valence-corrected chi connectivity index (χ0v) is 16.7. The molecule has 1 amide bonds. The molecule has 7 heteroatoms. The highest BCUT2D eigenvalue weighted by molar-refractivity contribution is 8.15. The van der Waals surface area contributed by atoms with Gasteiger partial charge in [0.05, 0.1) is 17.5 Å². The molecule has 0 aliphatic carbocycles. The molecule has 2 saturated heterocycles. The first-order valence-electron chi connectivity index (χ1n) is 8.37. The van der Waals surface area contributed by atoms with E-state index >= 15 is 0 Å². The molecule has 0 saturated carbocycles. The molecule has 5 nitrogen and oxygen atoms in total. The highest BCUT2D eigenvalue weighted by Crippen LogP contribution is 2.39. The van der Waals surface area contributed by atoms with Gasteiger partial charge in [-0.1, -0.05) is 62.4 Å². The third-order valence-corrected chi connectivity index (χ3v) is 7.73. The quantitative estimate of drug-likeness (QED) is 0.789. The van der Waals surface area contributed by atoms with Crippen LogP contribution in [-0.2, 0) is 21.2 Å². The van der Waals surface area contributed by atoms with Crippen LogP contribution in [-0.4, -0.2) is 47.2 Å². The molecule has 0 aromatic heterocycles. The van der Waals surface area contributed by atoms with Crippen molar-refractivity contribution in [3.05, 3.63) is 35.4 Å². The summed E-state index contributed by atoms with van der Waals surface area (Å²) in [5.41, 5.74) is 1.72. The van der Waals surface area contributed by atoms with Gasteiger partial charge in [0.2, 0.25) is 0 Å². The van der Waals surface area contributed by atoms with Gasteiger partial charge >= 0.3 is 0 Å². The second-order valence-corrected chi connectivity index (χ2v) is 11.2. The van der Waals surface area contributed by atoms with Crippen LogP contribution in [0.3, 0.4) is 0 Å². The molecule has 2 aliphatic heterocycles. The molecule has 136 valence electrons. The predicted molar refractivity (Wildman–Crippen MR) is 102 cm³/mol. The van der Waals surface area contributed by atoms with E-state index in [1.165, 1.54) is 17.3 Å². The average molecular weight is 381 g/mol. The average Bonchev–Trinajstić information content (AvgIpc) is 2.93. The minimum atomic E-state index is -3.02. The lowest BCUT2D eigenvalue weighted by atomic mass is 9.96. The standard InChI is InChI=1S/C18H24N2O3S2/c1-12-5-7-13(8-6-12)9-20-14-10-25(22,23)11-15(14)24-17(20)19-16(21)18(2,3)4/h5-8,14-15H,9-11H2,1-4H3/t14-,15-/m0/s1. The van der Waals surface area contributed by atoms with Gasteiger partial charge in [-0.2, -0.15) is 4.99 Å². The Labute approximate surface area is 153 Å². The Balaban J connectivity index is 1.91. The number of hydrogen-bond donors (Lipinski definition) is 0. The number of carbonyl (C=O) groups excluding carboxylic acids is 1. The maximum Gasteiger partial charge on any atom is 0.253 e.